The van der Waals surface area contributed by atoms with Gasteiger partial charge in [0.15, 0.2) is 5.11 Å². The maximum Gasteiger partial charge on any atom is 0.173 e. The van der Waals surface area contributed by atoms with Crippen molar-refractivity contribution in [3.8, 4) is 5.75 Å². The van der Waals surface area contributed by atoms with E-state index in [9.17, 15) is 4.39 Å². The molecule has 0 aliphatic carbocycles. The molecule has 0 saturated carbocycles. The third kappa shape index (κ3) is 5.80. The number of hydrogen-bond acceptors (Lipinski definition) is 4. The van der Waals surface area contributed by atoms with Crippen LogP contribution in [0.2, 0.25) is 0 Å². The number of piperazine rings is 1. The first-order valence-electron chi connectivity index (χ1n) is 10.3. The van der Waals surface area contributed by atoms with E-state index in [1.54, 1.807) is 25.4 Å². The minimum absolute atomic E-state index is 0.236. The van der Waals surface area contributed by atoms with E-state index in [0.717, 1.165) is 49.7 Å². The molecule has 0 bridgehead atoms. The molecular weight excluding hydrogens is 413 g/mol. The average Bonchev–Trinajstić information content (AvgIpc) is 3.22. The summed E-state index contributed by atoms with van der Waals surface area (Å²) in [6, 6.07) is 14.7. The number of ether oxygens (including phenoxy) is 1. The van der Waals surface area contributed by atoms with Crippen molar-refractivity contribution in [2.45, 2.75) is 13.1 Å². The Bertz CT molecular complexity index is 1010. The molecule has 4 rings (SSSR count). The molecule has 8 heteroatoms. The lowest BCUT2D eigenvalue weighted by Gasteiger charge is -2.36. The van der Waals surface area contributed by atoms with Gasteiger partial charge in [-0.05, 0) is 47.6 Å². The molecule has 0 atom stereocenters. The van der Waals surface area contributed by atoms with Gasteiger partial charge in [0, 0.05) is 38.9 Å². The molecule has 1 aromatic heterocycles. The van der Waals surface area contributed by atoms with Gasteiger partial charge in [0.1, 0.15) is 11.6 Å². The standard InChI is InChI=1S/C23H26FN5OS/c1-30-22-4-2-3-19(13-22)15-27-9-11-28(12-10-27)23(31)26-21-14-25-29(17-21)16-18-5-7-20(24)8-6-18/h2-8,13-14,17H,9-12,15-16H2,1H3,(H,26,31). The second-order valence-electron chi connectivity index (χ2n) is 7.60. The van der Waals surface area contributed by atoms with Gasteiger partial charge in [0.05, 0.1) is 25.5 Å². The third-order valence-corrected chi connectivity index (χ3v) is 5.70. The summed E-state index contributed by atoms with van der Waals surface area (Å²) in [5, 5.41) is 8.36. The van der Waals surface area contributed by atoms with Crippen molar-refractivity contribution in [3.63, 3.8) is 0 Å². The number of thiocarbonyl (C=S) groups is 1. The van der Waals surface area contributed by atoms with Gasteiger partial charge in [-0.3, -0.25) is 9.58 Å². The van der Waals surface area contributed by atoms with Crippen molar-refractivity contribution in [2.24, 2.45) is 0 Å². The highest BCUT2D eigenvalue weighted by atomic mass is 32.1. The molecule has 162 valence electrons. The van der Waals surface area contributed by atoms with Gasteiger partial charge in [0.2, 0.25) is 0 Å². The van der Waals surface area contributed by atoms with Crippen LogP contribution in [0.5, 0.6) is 5.75 Å². The first-order valence-corrected chi connectivity index (χ1v) is 10.7. The van der Waals surface area contributed by atoms with Crippen LogP contribution in [-0.2, 0) is 13.1 Å². The summed E-state index contributed by atoms with van der Waals surface area (Å²) in [6.07, 6.45) is 3.67. The molecule has 1 fully saturated rings. The Hall–Kier alpha value is -2.97. The lowest BCUT2D eigenvalue weighted by atomic mass is 10.2. The molecule has 0 unspecified atom stereocenters. The van der Waals surface area contributed by atoms with Gasteiger partial charge in [0.25, 0.3) is 0 Å². The highest BCUT2D eigenvalue weighted by Crippen LogP contribution is 2.16. The smallest absolute Gasteiger partial charge is 0.173 e. The molecule has 1 aliphatic rings. The summed E-state index contributed by atoms with van der Waals surface area (Å²) >= 11 is 5.61. The van der Waals surface area contributed by atoms with Crippen LogP contribution in [0.3, 0.4) is 0 Å². The quantitative estimate of drug-likeness (QED) is 0.593. The molecule has 3 aromatic rings. The molecule has 1 saturated heterocycles. The first kappa shape index (κ1) is 21.3. The van der Waals surface area contributed by atoms with E-state index in [1.807, 2.05) is 23.0 Å². The molecule has 1 N–H and O–H groups in total. The highest BCUT2D eigenvalue weighted by molar-refractivity contribution is 7.80. The zero-order chi connectivity index (χ0) is 21.6. The number of hydrogen-bond donors (Lipinski definition) is 1. The van der Waals surface area contributed by atoms with Crippen LogP contribution in [0.15, 0.2) is 60.9 Å². The summed E-state index contributed by atoms with van der Waals surface area (Å²) in [4.78, 5) is 4.61. The zero-order valence-electron chi connectivity index (χ0n) is 17.5. The Balaban J connectivity index is 1.25. The number of nitrogens with zero attached hydrogens (tertiary/aromatic N) is 4. The lowest BCUT2D eigenvalue weighted by molar-refractivity contribution is 0.177. The number of nitrogens with one attached hydrogen (secondary N) is 1. The van der Waals surface area contributed by atoms with E-state index in [4.69, 9.17) is 17.0 Å². The van der Waals surface area contributed by atoms with Gasteiger partial charge < -0.3 is 15.0 Å². The van der Waals surface area contributed by atoms with E-state index in [1.165, 1.54) is 17.7 Å². The third-order valence-electron chi connectivity index (χ3n) is 5.34. The largest absolute Gasteiger partial charge is 0.497 e. The van der Waals surface area contributed by atoms with Gasteiger partial charge >= 0.3 is 0 Å². The molecule has 0 spiro atoms. The van der Waals surface area contributed by atoms with Gasteiger partial charge in [-0.15, -0.1) is 0 Å². The van der Waals surface area contributed by atoms with Crippen LogP contribution in [0.1, 0.15) is 11.1 Å². The Morgan fingerprint density at radius 1 is 1.06 bits per heavy atom. The van der Waals surface area contributed by atoms with Crippen molar-refractivity contribution >= 4 is 23.0 Å². The SMILES string of the molecule is COc1cccc(CN2CCN(C(=S)Nc3cnn(Cc4ccc(F)cc4)c3)CC2)c1. The van der Waals surface area contributed by atoms with E-state index in [2.05, 4.69) is 32.3 Å². The lowest BCUT2D eigenvalue weighted by Crippen LogP contribution is -2.49. The van der Waals surface area contributed by atoms with Gasteiger partial charge in [-0.1, -0.05) is 24.3 Å². The fourth-order valence-corrected chi connectivity index (χ4v) is 3.93. The Morgan fingerprint density at radius 2 is 1.84 bits per heavy atom. The van der Waals surface area contributed by atoms with Crippen LogP contribution < -0.4 is 10.1 Å². The summed E-state index contributed by atoms with van der Waals surface area (Å²) < 4.78 is 20.2. The number of aromatic nitrogens is 2. The van der Waals surface area contributed by atoms with Crippen LogP contribution in [0, 0.1) is 5.82 Å². The second-order valence-corrected chi connectivity index (χ2v) is 7.98. The van der Waals surface area contributed by atoms with Crippen molar-refractivity contribution in [1.29, 1.82) is 0 Å². The molecule has 2 aromatic carbocycles. The summed E-state index contributed by atoms with van der Waals surface area (Å²) in [6.45, 7) is 5.13. The average molecular weight is 440 g/mol. The summed E-state index contributed by atoms with van der Waals surface area (Å²) in [7, 11) is 1.69. The Kier molecular flexibility index (Phi) is 6.79. The van der Waals surface area contributed by atoms with Crippen molar-refractivity contribution in [2.75, 3.05) is 38.6 Å². The van der Waals surface area contributed by atoms with Crippen LogP contribution in [0.4, 0.5) is 10.1 Å². The fourth-order valence-electron chi connectivity index (χ4n) is 3.63. The minimum atomic E-state index is -0.236. The highest BCUT2D eigenvalue weighted by Gasteiger charge is 2.19. The number of benzene rings is 2. The molecule has 6 nitrogen and oxygen atoms in total. The molecule has 1 aliphatic heterocycles. The van der Waals surface area contributed by atoms with E-state index >= 15 is 0 Å². The molecular formula is C23H26FN5OS. The Morgan fingerprint density at radius 3 is 2.58 bits per heavy atom. The normalized spacial score (nSPS) is 14.5. The van der Waals surface area contributed by atoms with E-state index in [0.29, 0.717) is 11.7 Å². The number of methoxy groups -OCH3 is 1. The van der Waals surface area contributed by atoms with E-state index in [-0.39, 0.29) is 5.82 Å². The summed E-state index contributed by atoms with van der Waals surface area (Å²) in [5.74, 6) is 0.655. The maximum absolute atomic E-state index is 13.1. The monoisotopic (exact) mass is 439 g/mol. The van der Waals surface area contributed by atoms with E-state index < -0.39 is 0 Å². The topological polar surface area (TPSA) is 45.6 Å². The predicted molar refractivity (Wildman–Crippen MR) is 124 cm³/mol. The first-order chi connectivity index (χ1) is 15.1. The number of rotatable bonds is 6. The van der Waals surface area contributed by atoms with Gasteiger partial charge in [-0.2, -0.15) is 5.10 Å². The number of halogens is 1. The summed E-state index contributed by atoms with van der Waals surface area (Å²) in [5.41, 5.74) is 3.10. The zero-order valence-corrected chi connectivity index (χ0v) is 18.3. The predicted octanol–water partition coefficient (Wildman–Crippen LogP) is 3.59. The van der Waals surface area contributed by atoms with Crippen LogP contribution in [0.25, 0.3) is 0 Å². The van der Waals surface area contributed by atoms with Crippen molar-refractivity contribution in [1.82, 2.24) is 19.6 Å². The number of anilines is 1. The maximum atomic E-state index is 13.1. The second kappa shape index (κ2) is 9.89. The molecule has 0 radical (unpaired) electrons. The fraction of sp³-hybridized carbons (Fsp3) is 0.304. The molecule has 31 heavy (non-hydrogen) atoms. The van der Waals surface area contributed by atoms with Crippen LogP contribution >= 0.6 is 12.2 Å². The van der Waals surface area contributed by atoms with Crippen LogP contribution in [-0.4, -0.2) is 58.0 Å². The molecule has 0 amide bonds. The minimum Gasteiger partial charge on any atom is -0.497 e. The van der Waals surface area contributed by atoms with Crippen molar-refractivity contribution < 1.29 is 9.13 Å². The van der Waals surface area contributed by atoms with Crippen molar-refractivity contribution in [3.05, 3.63) is 77.9 Å². The van der Waals surface area contributed by atoms with Gasteiger partial charge in [-0.25, -0.2) is 4.39 Å². The molecule has 2 heterocycles. The Labute approximate surface area is 187 Å².